The molecule has 0 bridgehead atoms. The molecule has 0 radical (unpaired) electrons. The molecule has 12 rings (SSSR count). The van der Waals surface area contributed by atoms with Crippen LogP contribution in [-0.2, 0) is 38.4 Å². The third-order valence-corrected chi connectivity index (χ3v) is 12.4. The number of benzene rings is 8. The molecule has 0 amide bonds. The summed E-state index contributed by atoms with van der Waals surface area (Å²) in [4.78, 5) is 65.0. The number of rotatable bonds is 12. The van der Waals surface area contributed by atoms with Crippen molar-refractivity contribution in [1.82, 2.24) is 61.6 Å². The fourth-order valence-corrected chi connectivity index (χ4v) is 7.90. The second-order valence-corrected chi connectivity index (χ2v) is 18.7. The zero-order valence-electron chi connectivity index (χ0n) is 49.3. The maximum absolute atomic E-state index is 8.12. The Morgan fingerprint density at radius 2 is 0.418 bits per heavy atom. The standard InChI is InChI=1S/3C17H15N3.C16H13N3.4CO2/c3*1-13-2-7-15(8-3-13)16-9-4-14(5-10-16)6-11-17-12-18-20-19-17;1-2-4-14(5-3-1)15-9-6-13(7-10-15)8-11-16-12-17-19-18-16;4*2-1-3/h3*2-12H,1H3,(H,18,19,20);1-12H,(H,17,18,19);;;;. The predicted octanol–water partition coefficient (Wildman–Crippen LogP) is 13.2. The molecule has 0 unspecified atom stereocenters. The molecule has 0 spiro atoms. The summed E-state index contributed by atoms with van der Waals surface area (Å²) in [7, 11) is 0. The third-order valence-electron chi connectivity index (χ3n) is 12.4. The topological polar surface area (TPSA) is 303 Å². The molecule has 4 aromatic heterocycles. The van der Waals surface area contributed by atoms with Crippen LogP contribution in [0.5, 0.6) is 0 Å². The van der Waals surface area contributed by atoms with Crippen molar-refractivity contribution in [3.05, 3.63) is 287 Å². The van der Waals surface area contributed by atoms with E-state index in [0.717, 1.165) is 45.0 Å². The summed E-state index contributed by atoms with van der Waals surface area (Å²) in [6, 6.07) is 69.9. The van der Waals surface area contributed by atoms with Crippen LogP contribution in [0.25, 0.3) is 93.1 Å². The van der Waals surface area contributed by atoms with Gasteiger partial charge in [-0.1, -0.05) is 241 Å². The lowest BCUT2D eigenvalue weighted by Crippen LogP contribution is -1.79. The molecule has 0 aliphatic carbocycles. The van der Waals surface area contributed by atoms with Crippen molar-refractivity contribution in [3.8, 4) is 44.5 Å². The lowest BCUT2D eigenvalue weighted by Gasteiger charge is -2.02. The van der Waals surface area contributed by atoms with Crippen molar-refractivity contribution >= 4 is 73.2 Å². The zero-order valence-corrected chi connectivity index (χ0v) is 49.3. The fraction of sp³-hybridized carbons (Fsp3) is 0.0423. The number of H-pyrrole nitrogens is 4. The molecule has 0 saturated heterocycles. The van der Waals surface area contributed by atoms with Crippen LogP contribution >= 0.6 is 0 Å². The van der Waals surface area contributed by atoms with Crippen LogP contribution in [0.4, 0.5) is 0 Å². The molecule has 0 atom stereocenters. The Balaban J connectivity index is 0.000000208. The van der Waals surface area contributed by atoms with Gasteiger partial charge in [0.15, 0.2) is 0 Å². The molecule has 0 fully saturated rings. The third kappa shape index (κ3) is 25.9. The molecule has 0 saturated carbocycles. The maximum Gasteiger partial charge on any atom is 0.373 e. The summed E-state index contributed by atoms with van der Waals surface area (Å²) in [6.07, 6.45) is 23.6. The van der Waals surface area contributed by atoms with E-state index in [2.05, 4.69) is 264 Å². The minimum absolute atomic E-state index is 0.250. The SMILES string of the molecule is C(=Cc1cn[nH]n1)c1ccc(-c2ccccc2)cc1.Cc1ccc(-c2ccc(C=Cc3cn[nH]n3)cc2)cc1.Cc1ccc(-c2ccc(C=Cc3cn[nH]n3)cc2)cc1.Cc1ccc(-c2ccc(C=Cc3cn[nH]n3)cc2)cc1.O=C=O.O=C=O.O=C=O.O=C=O. The van der Waals surface area contributed by atoms with Crippen LogP contribution in [-0.4, -0.2) is 86.2 Å². The van der Waals surface area contributed by atoms with Gasteiger partial charge in [0.05, 0.1) is 24.8 Å². The largest absolute Gasteiger partial charge is 0.373 e. The molecule has 0 aliphatic heterocycles. The number of carbonyl (C=O) groups excluding carboxylic acids is 8. The van der Waals surface area contributed by atoms with E-state index in [9.17, 15) is 0 Å². The van der Waals surface area contributed by atoms with Gasteiger partial charge in [-0.25, -0.2) is 0 Å². The number of hydrogen-bond donors (Lipinski definition) is 4. The molecule has 4 N–H and O–H groups in total. The van der Waals surface area contributed by atoms with Gasteiger partial charge in [0, 0.05) is 0 Å². The first-order valence-electron chi connectivity index (χ1n) is 27.3. The van der Waals surface area contributed by atoms with Crippen molar-refractivity contribution in [1.29, 1.82) is 0 Å². The average Bonchev–Trinajstić information content (AvgIpc) is 4.63. The fourth-order valence-electron chi connectivity index (χ4n) is 7.90. The van der Waals surface area contributed by atoms with Crippen molar-refractivity contribution in [2.45, 2.75) is 20.8 Å². The highest BCUT2D eigenvalue weighted by Crippen LogP contribution is 2.24. The number of aryl methyl sites for hydroxylation is 3. The Labute approximate surface area is 522 Å². The van der Waals surface area contributed by atoms with Crippen LogP contribution < -0.4 is 0 Å². The van der Waals surface area contributed by atoms with Gasteiger partial charge in [-0.3, -0.25) is 0 Å². The minimum Gasteiger partial charge on any atom is -0.197 e. The number of nitrogens with zero attached hydrogens (tertiary/aromatic N) is 8. The molecule has 0 aliphatic rings. The van der Waals surface area contributed by atoms with Gasteiger partial charge in [-0.05, 0) is 112 Å². The van der Waals surface area contributed by atoms with E-state index in [4.69, 9.17) is 38.4 Å². The normalized spacial score (nSPS) is 9.92. The van der Waals surface area contributed by atoms with Crippen LogP contribution in [0.1, 0.15) is 61.7 Å². The van der Waals surface area contributed by atoms with E-state index in [1.54, 1.807) is 24.8 Å². The van der Waals surface area contributed by atoms with Crippen LogP contribution in [0.15, 0.2) is 225 Å². The molecular formula is C71H58N12O8. The van der Waals surface area contributed by atoms with E-state index < -0.39 is 0 Å². The summed E-state index contributed by atoms with van der Waals surface area (Å²) < 4.78 is 0. The van der Waals surface area contributed by atoms with Crippen molar-refractivity contribution in [2.75, 3.05) is 0 Å². The molecule has 20 nitrogen and oxygen atoms in total. The Bertz CT molecular complexity index is 3850. The number of aromatic nitrogens is 12. The van der Waals surface area contributed by atoms with E-state index in [-0.39, 0.29) is 24.6 Å². The van der Waals surface area contributed by atoms with E-state index in [1.807, 2.05) is 66.8 Å². The first kappa shape index (κ1) is 68.6. The van der Waals surface area contributed by atoms with E-state index in [1.165, 1.54) is 61.2 Å². The quantitative estimate of drug-likeness (QED) is 0.0883. The average molecular weight is 1210 g/mol. The summed E-state index contributed by atoms with van der Waals surface area (Å²) in [6.45, 7) is 6.30. The van der Waals surface area contributed by atoms with Gasteiger partial charge in [-0.2, -0.15) is 100.0 Å². The molecular weight excluding hydrogens is 1150 g/mol. The highest BCUT2D eigenvalue weighted by atomic mass is 16.2. The van der Waals surface area contributed by atoms with Gasteiger partial charge in [-0.15, -0.1) is 0 Å². The number of hydrogen-bond acceptors (Lipinski definition) is 16. The lowest BCUT2D eigenvalue weighted by molar-refractivity contribution is -0.193. The lowest BCUT2D eigenvalue weighted by atomic mass is 10.0. The van der Waals surface area contributed by atoms with Gasteiger partial charge >= 0.3 is 24.6 Å². The smallest absolute Gasteiger partial charge is 0.197 e. The molecule has 4 heterocycles. The molecule has 91 heavy (non-hydrogen) atoms. The second kappa shape index (κ2) is 40.2. The summed E-state index contributed by atoms with van der Waals surface area (Å²) in [5.41, 5.74) is 21.6. The zero-order chi connectivity index (χ0) is 65.1. The minimum atomic E-state index is 0.250. The summed E-state index contributed by atoms with van der Waals surface area (Å²) in [5.74, 6) is 0. The summed E-state index contributed by atoms with van der Waals surface area (Å²) >= 11 is 0. The molecule has 12 aromatic rings. The monoisotopic (exact) mass is 1210 g/mol. The first-order chi connectivity index (χ1) is 44.5. The summed E-state index contributed by atoms with van der Waals surface area (Å²) in [5, 5.41) is 41.3. The van der Waals surface area contributed by atoms with Gasteiger partial charge in [0.2, 0.25) is 0 Å². The number of aromatic amines is 4. The Kier molecular flexibility index (Phi) is 30.3. The van der Waals surface area contributed by atoms with Gasteiger partial charge < -0.3 is 0 Å². The van der Waals surface area contributed by atoms with Crippen molar-refractivity contribution in [2.24, 2.45) is 0 Å². The Morgan fingerprint density at radius 1 is 0.242 bits per heavy atom. The van der Waals surface area contributed by atoms with Crippen LogP contribution in [0, 0.1) is 20.8 Å². The number of nitrogens with one attached hydrogen (secondary N) is 4. The predicted molar refractivity (Wildman–Crippen MR) is 343 cm³/mol. The Morgan fingerprint density at radius 3 is 0.593 bits per heavy atom. The molecule has 20 heteroatoms. The first-order valence-corrected chi connectivity index (χ1v) is 27.3. The van der Waals surface area contributed by atoms with Crippen molar-refractivity contribution < 1.29 is 38.4 Å². The van der Waals surface area contributed by atoms with Gasteiger partial charge in [0.25, 0.3) is 0 Å². The van der Waals surface area contributed by atoms with Gasteiger partial charge in [0.1, 0.15) is 22.8 Å². The van der Waals surface area contributed by atoms with E-state index in [0.29, 0.717) is 0 Å². The second-order valence-electron chi connectivity index (χ2n) is 18.7. The van der Waals surface area contributed by atoms with Crippen molar-refractivity contribution in [3.63, 3.8) is 0 Å². The highest BCUT2D eigenvalue weighted by molar-refractivity contribution is 5.74. The highest BCUT2D eigenvalue weighted by Gasteiger charge is 2.02. The van der Waals surface area contributed by atoms with E-state index >= 15 is 0 Å². The van der Waals surface area contributed by atoms with Crippen LogP contribution in [0.2, 0.25) is 0 Å². The maximum atomic E-state index is 8.12. The van der Waals surface area contributed by atoms with Crippen LogP contribution in [0.3, 0.4) is 0 Å². The Hall–Kier alpha value is -13.2. The molecule has 450 valence electrons. The molecule has 8 aromatic carbocycles.